The molecule has 1 aromatic carbocycles. The molecule has 0 aliphatic carbocycles. The number of ether oxygens (including phenoxy) is 1. The summed E-state index contributed by atoms with van der Waals surface area (Å²) in [5, 5.41) is 11.4. The van der Waals surface area contributed by atoms with E-state index >= 15 is 0 Å². The second-order valence-corrected chi connectivity index (χ2v) is 8.07. The van der Waals surface area contributed by atoms with Crippen LogP contribution in [0.15, 0.2) is 22.7 Å². The Labute approximate surface area is 150 Å². The van der Waals surface area contributed by atoms with Crippen LogP contribution in [0.2, 0.25) is 0 Å². The summed E-state index contributed by atoms with van der Waals surface area (Å²) in [5.74, 6) is -1.45. The lowest BCUT2D eigenvalue weighted by molar-refractivity contribution is -0.172. The number of nitrogens with zero attached hydrogens (tertiary/aromatic N) is 1. The summed E-state index contributed by atoms with van der Waals surface area (Å²) in [7, 11) is 0. The largest absolute Gasteiger partial charge is 0.375 e. The summed E-state index contributed by atoms with van der Waals surface area (Å²) >= 11 is 3.40. The molecule has 0 unspecified atom stereocenters. The number of rotatable bonds is 3. The van der Waals surface area contributed by atoms with Crippen LogP contribution in [0, 0.1) is 5.92 Å². The SMILES string of the molecule is CCCN1C(=O)[C@@](O)([C@H]2COC(C)(C)CC2=O)c2cc(Br)ccc21. The zero-order valence-electron chi connectivity index (χ0n) is 14.1. The van der Waals surface area contributed by atoms with Gasteiger partial charge in [-0.05, 0) is 38.5 Å². The Hall–Kier alpha value is -1.24. The van der Waals surface area contributed by atoms with Crippen molar-refractivity contribution in [1.29, 1.82) is 0 Å². The average Bonchev–Trinajstić information content (AvgIpc) is 2.69. The summed E-state index contributed by atoms with van der Waals surface area (Å²) in [4.78, 5) is 27.3. The fraction of sp³-hybridized carbons (Fsp3) is 0.556. The molecular formula is C18H22BrNO4. The molecule has 2 aliphatic heterocycles. The topological polar surface area (TPSA) is 66.8 Å². The van der Waals surface area contributed by atoms with Crippen molar-refractivity contribution in [3.05, 3.63) is 28.2 Å². The van der Waals surface area contributed by atoms with Gasteiger partial charge in [-0.1, -0.05) is 22.9 Å². The van der Waals surface area contributed by atoms with Crippen LogP contribution in [0.3, 0.4) is 0 Å². The van der Waals surface area contributed by atoms with Gasteiger partial charge >= 0.3 is 0 Å². The number of carbonyl (C=O) groups is 2. The minimum absolute atomic E-state index is 0.0417. The van der Waals surface area contributed by atoms with Crippen LogP contribution in [0.1, 0.15) is 39.2 Å². The number of amides is 1. The number of aliphatic hydroxyl groups is 1. The van der Waals surface area contributed by atoms with Gasteiger partial charge in [0.25, 0.3) is 5.91 Å². The van der Waals surface area contributed by atoms with Gasteiger partial charge < -0.3 is 14.7 Å². The Morgan fingerprint density at radius 1 is 1.38 bits per heavy atom. The highest BCUT2D eigenvalue weighted by molar-refractivity contribution is 9.10. The minimum atomic E-state index is -1.86. The number of fused-ring (bicyclic) bond motifs is 1. The van der Waals surface area contributed by atoms with E-state index in [1.807, 2.05) is 32.9 Å². The minimum Gasteiger partial charge on any atom is -0.375 e. The van der Waals surface area contributed by atoms with Crippen molar-refractivity contribution in [2.24, 2.45) is 5.92 Å². The maximum absolute atomic E-state index is 13.0. The first-order valence-electron chi connectivity index (χ1n) is 8.21. The fourth-order valence-corrected chi connectivity index (χ4v) is 3.97. The summed E-state index contributed by atoms with van der Waals surface area (Å²) in [6.45, 7) is 6.20. The Morgan fingerprint density at radius 3 is 2.71 bits per heavy atom. The molecule has 0 radical (unpaired) electrons. The van der Waals surface area contributed by atoms with E-state index in [0.717, 1.165) is 10.9 Å². The average molecular weight is 396 g/mol. The van der Waals surface area contributed by atoms with Gasteiger partial charge in [0, 0.05) is 23.0 Å². The van der Waals surface area contributed by atoms with Gasteiger partial charge in [0.15, 0.2) is 5.60 Å². The number of halogens is 1. The van der Waals surface area contributed by atoms with Gasteiger partial charge in [0.2, 0.25) is 0 Å². The zero-order valence-corrected chi connectivity index (χ0v) is 15.7. The summed E-state index contributed by atoms with van der Waals surface area (Å²) in [5.41, 5.74) is -1.27. The van der Waals surface area contributed by atoms with Gasteiger partial charge in [-0.3, -0.25) is 9.59 Å². The van der Waals surface area contributed by atoms with Gasteiger partial charge in [-0.2, -0.15) is 0 Å². The number of Topliss-reactive ketones (excluding diaryl/α,β-unsaturated/α-hetero) is 1. The molecule has 2 aliphatic rings. The van der Waals surface area contributed by atoms with Gasteiger partial charge in [0.1, 0.15) is 5.78 Å². The van der Waals surface area contributed by atoms with E-state index in [-0.39, 0.29) is 18.8 Å². The highest BCUT2D eigenvalue weighted by Gasteiger charge is 2.58. The van der Waals surface area contributed by atoms with Crippen molar-refractivity contribution in [3.63, 3.8) is 0 Å². The van der Waals surface area contributed by atoms with Crippen LogP contribution in [0.5, 0.6) is 0 Å². The molecule has 3 rings (SSSR count). The highest BCUT2D eigenvalue weighted by Crippen LogP contribution is 2.48. The Bertz CT molecular complexity index is 702. The standard InChI is InChI=1S/C18H22BrNO4/c1-4-7-20-14-6-5-11(19)8-12(14)18(23,16(20)22)13-10-24-17(2,3)9-15(13)21/h5-6,8,13,23H,4,7,9-10H2,1-3H3/t13-,18-/m0/s1. The maximum Gasteiger partial charge on any atom is 0.264 e. The monoisotopic (exact) mass is 395 g/mol. The van der Waals surface area contributed by atoms with Crippen molar-refractivity contribution in [2.45, 2.75) is 44.8 Å². The Morgan fingerprint density at radius 2 is 2.08 bits per heavy atom. The predicted molar refractivity (Wildman–Crippen MR) is 93.8 cm³/mol. The lowest BCUT2D eigenvalue weighted by Crippen LogP contribution is -2.54. The third-order valence-corrected chi connectivity index (χ3v) is 5.31. The smallest absolute Gasteiger partial charge is 0.264 e. The van der Waals surface area contributed by atoms with E-state index in [2.05, 4.69) is 15.9 Å². The molecule has 5 nitrogen and oxygen atoms in total. The van der Waals surface area contributed by atoms with Crippen LogP contribution in [0.25, 0.3) is 0 Å². The third-order valence-electron chi connectivity index (χ3n) is 4.81. The van der Waals surface area contributed by atoms with E-state index < -0.39 is 23.0 Å². The second kappa shape index (κ2) is 5.93. The predicted octanol–water partition coefficient (Wildman–Crippen LogP) is 2.78. The molecule has 130 valence electrons. The number of ketones is 1. The van der Waals surface area contributed by atoms with Crippen molar-refractivity contribution >= 4 is 33.3 Å². The van der Waals surface area contributed by atoms with E-state index in [9.17, 15) is 14.7 Å². The first kappa shape index (κ1) is 17.6. The Balaban J connectivity index is 2.08. The molecule has 1 saturated heterocycles. The molecule has 0 spiro atoms. The third kappa shape index (κ3) is 2.61. The molecule has 1 aromatic rings. The van der Waals surface area contributed by atoms with Crippen LogP contribution in [-0.4, -0.2) is 35.5 Å². The van der Waals surface area contributed by atoms with Crippen molar-refractivity contribution in [1.82, 2.24) is 0 Å². The van der Waals surface area contributed by atoms with Gasteiger partial charge in [-0.15, -0.1) is 0 Å². The molecule has 6 heteroatoms. The number of carbonyl (C=O) groups excluding carboxylic acids is 2. The fourth-order valence-electron chi connectivity index (χ4n) is 3.61. The van der Waals surface area contributed by atoms with Crippen molar-refractivity contribution < 1.29 is 19.4 Å². The zero-order chi connectivity index (χ0) is 17.7. The number of hydrogen-bond donors (Lipinski definition) is 1. The first-order chi connectivity index (χ1) is 11.2. The number of benzene rings is 1. The molecule has 2 atom stereocenters. The van der Waals surface area contributed by atoms with E-state index in [1.165, 1.54) is 0 Å². The van der Waals surface area contributed by atoms with E-state index in [1.54, 1.807) is 11.0 Å². The molecule has 24 heavy (non-hydrogen) atoms. The molecule has 0 saturated carbocycles. The molecule has 1 N–H and O–H groups in total. The molecule has 0 bridgehead atoms. The van der Waals surface area contributed by atoms with E-state index in [4.69, 9.17) is 4.74 Å². The maximum atomic E-state index is 13.0. The lowest BCUT2D eigenvalue weighted by atomic mass is 9.76. The van der Waals surface area contributed by atoms with E-state index in [0.29, 0.717) is 17.8 Å². The van der Waals surface area contributed by atoms with Crippen LogP contribution < -0.4 is 4.90 Å². The first-order valence-corrected chi connectivity index (χ1v) is 9.01. The molecule has 0 aromatic heterocycles. The summed E-state index contributed by atoms with van der Waals surface area (Å²) < 4.78 is 6.51. The lowest BCUT2D eigenvalue weighted by Gasteiger charge is -2.39. The second-order valence-electron chi connectivity index (χ2n) is 7.15. The molecule has 1 fully saturated rings. The molecule has 2 heterocycles. The van der Waals surface area contributed by atoms with Crippen molar-refractivity contribution in [2.75, 3.05) is 18.1 Å². The van der Waals surface area contributed by atoms with Crippen LogP contribution >= 0.6 is 15.9 Å². The van der Waals surface area contributed by atoms with Crippen molar-refractivity contribution in [3.8, 4) is 0 Å². The molecule has 1 amide bonds. The normalized spacial score (nSPS) is 29.0. The Kier molecular flexibility index (Phi) is 4.35. The number of anilines is 1. The van der Waals surface area contributed by atoms with Gasteiger partial charge in [-0.25, -0.2) is 0 Å². The van der Waals surface area contributed by atoms with Gasteiger partial charge in [0.05, 0.1) is 23.8 Å². The molecular weight excluding hydrogens is 374 g/mol. The number of hydrogen-bond acceptors (Lipinski definition) is 4. The van der Waals surface area contributed by atoms with Crippen LogP contribution in [-0.2, 0) is 19.9 Å². The highest BCUT2D eigenvalue weighted by atomic mass is 79.9. The summed E-state index contributed by atoms with van der Waals surface area (Å²) in [6, 6.07) is 5.38. The quantitative estimate of drug-likeness (QED) is 0.854. The summed E-state index contributed by atoms with van der Waals surface area (Å²) in [6.07, 6.45) is 0.948. The van der Waals surface area contributed by atoms with Crippen LogP contribution in [0.4, 0.5) is 5.69 Å².